The van der Waals surface area contributed by atoms with Crippen LogP contribution >= 0.6 is 0 Å². The third kappa shape index (κ3) is 19.7. The quantitative estimate of drug-likeness (QED) is 0.0278. The number of aromatic nitrogens is 8. The first-order valence-corrected chi connectivity index (χ1v) is 42.6. The van der Waals surface area contributed by atoms with Gasteiger partial charge in [-0.25, -0.2) is 4.39 Å². The van der Waals surface area contributed by atoms with Crippen molar-refractivity contribution in [3.63, 3.8) is 0 Å². The van der Waals surface area contributed by atoms with Crippen molar-refractivity contribution in [1.29, 1.82) is 0 Å². The van der Waals surface area contributed by atoms with Gasteiger partial charge in [0.2, 0.25) is 23.6 Å². The van der Waals surface area contributed by atoms with Crippen LogP contribution in [0.1, 0.15) is 164 Å². The predicted molar refractivity (Wildman–Crippen MR) is 492 cm³/mol. The predicted octanol–water partition coefficient (Wildman–Crippen LogP) is 12.4. The first-order valence-electron chi connectivity index (χ1n) is 42.6. The van der Waals surface area contributed by atoms with Crippen molar-refractivity contribution in [3.05, 3.63) is 276 Å². The molecule has 8 heterocycles. The zero-order valence-corrected chi connectivity index (χ0v) is 76.8. The smallest absolute Gasteiger partial charge is 0.252 e. The van der Waals surface area contributed by atoms with E-state index in [1.54, 1.807) is 123 Å². The Morgan fingerprint density at radius 1 is 0.341 bits per heavy atom. The van der Waals surface area contributed by atoms with Gasteiger partial charge in [-0.15, -0.1) is 0 Å². The molecule has 34 heteroatoms. The van der Waals surface area contributed by atoms with E-state index in [4.69, 9.17) is 42.6 Å². The fourth-order valence-corrected chi connectivity index (χ4v) is 17.1. The van der Waals surface area contributed by atoms with Crippen molar-refractivity contribution in [1.82, 2.24) is 60.4 Å². The molecule has 0 spiro atoms. The van der Waals surface area contributed by atoms with Crippen LogP contribution in [0, 0.1) is 47.4 Å². The number of fused-ring (bicyclic) bond motifs is 4. The topological polar surface area (TPSA) is 387 Å². The number of rotatable bonds is 24. The van der Waals surface area contributed by atoms with Gasteiger partial charge >= 0.3 is 0 Å². The van der Waals surface area contributed by atoms with E-state index in [0.29, 0.717) is 110 Å². The summed E-state index contributed by atoms with van der Waals surface area (Å²) in [5, 5.41) is 41.1. The molecule has 688 valence electrons. The number of hydrogen-bond acceptors (Lipinski definition) is 21. The lowest BCUT2D eigenvalue weighted by atomic mass is 9.81. The number of nitrogens with one attached hydrogen (secondary N) is 8. The molecule has 0 fully saturated rings. The van der Waals surface area contributed by atoms with Crippen molar-refractivity contribution < 1.29 is 85.4 Å². The number of carbonyl (C=O) groups excluding carboxylic acids is 8. The number of hydrogen-bond donors (Lipinski definition) is 8. The summed E-state index contributed by atoms with van der Waals surface area (Å²) >= 11 is 0. The van der Waals surface area contributed by atoms with Gasteiger partial charge in [-0.3, -0.25) is 57.1 Å². The van der Waals surface area contributed by atoms with E-state index >= 15 is 0 Å². The fraction of sp³-hybridized carbons (Fsp3) is 0.306. The van der Waals surface area contributed by atoms with Gasteiger partial charge in [0, 0.05) is 96.4 Å². The largest absolute Gasteiger partial charge is 0.497 e. The molecule has 132 heavy (non-hydrogen) atoms. The third-order valence-electron chi connectivity index (χ3n) is 23.3. The Bertz CT molecular complexity index is 6380. The van der Waals surface area contributed by atoms with E-state index in [9.17, 15) is 42.7 Å². The molecule has 8 N–H and O–H groups in total. The van der Waals surface area contributed by atoms with Crippen LogP contribution in [0.3, 0.4) is 0 Å². The van der Waals surface area contributed by atoms with Crippen LogP contribution in [0.5, 0.6) is 51.7 Å². The zero-order chi connectivity index (χ0) is 94.8. The van der Waals surface area contributed by atoms with Crippen molar-refractivity contribution in [2.75, 3.05) is 84.2 Å². The molecule has 8 aromatic carbocycles. The lowest BCUT2D eigenvalue weighted by molar-refractivity contribution is -0.119. The normalized spacial score (nSPS) is 17.2. The molecule has 8 atom stereocenters. The standard InChI is InChI=1S/C26H30N4O4.C24H25FN4O5.C24H26N4O5.C24H26N4O3/c1-6-12-34-19-11-10-17(14-20(19)33-5)22-21-16(3)29-30(4)24(21)28-26(32)23(22)27-25(31)18-9-7-8-15(2)13-18;1-12-19-20(13-6-8-16(32-3)15(25)10-13)21(24(31)27-22(19)29(2)28-12)26-23(30)14-7-9-17(33-4)18(11-14)34-5;1-13-19-20(14-7-6-8-16(11-14)31-3)21(24(30)26-22(19)28(2)27-13)25-23(29)15-9-10-17(32-4)18(12-15)33-5;1-5-31-18-11-9-16(10-12-18)20-19-15(3)27-28(4)22(19)26-24(30)21(20)25-23(29)17-8-6-7-14(2)13-17/h7-11,13-14,22-23H,6,12H2,1-5H3,(H,27,31)(H,28,32);6-11,20-21H,1-5H3,(H,26,30)(H,27,31);6-12,20-21H,1-5H3,(H,25,29)(H,26,30);6-13,20-21H,5H2,1-4H3,(H,25,29)(H,26,30)/t22-,23+;3*20-,21+/m1111/s1. The Hall–Kier alpha value is -15.5. The van der Waals surface area contributed by atoms with E-state index in [0.717, 1.165) is 73.8 Å². The SMILES string of the molecule is CCCOc1ccc([C@@H]2c3c(C)nn(C)c3NC(=O)[C@H]2NC(=O)c2cccc(C)c2)cc1OC.CCOc1ccc([C@@H]2c3c(C)nn(C)c3NC(=O)[C@H]2NC(=O)c2cccc(C)c2)cc1.COc1ccc([C@@H]2c3c(C)nn(C)c3NC(=O)[C@H]2NC(=O)c2ccc(OC)c(OC)c2)cc1F.COc1cccc([C@@H]2c3c(C)nn(C)c3NC(=O)[C@H]2NC(=O)c2ccc(OC)c(OC)c2)c1. The molecule has 0 bridgehead atoms. The number of benzene rings is 8. The number of ether oxygens (including phenoxy) is 9. The first kappa shape index (κ1) is 94.1. The summed E-state index contributed by atoms with van der Waals surface area (Å²) in [6.45, 7) is 16.5. The van der Waals surface area contributed by atoms with Crippen molar-refractivity contribution >= 4 is 70.5 Å². The maximum atomic E-state index is 14.6. The van der Waals surface area contributed by atoms with E-state index in [-0.39, 0.29) is 46.8 Å². The highest BCUT2D eigenvalue weighted by molar-refractivity contribution is 6.08. The van der Waals surface area contributed by atoms with Gasteiger partial charge in [-0.1, -0.05) is 78.7 Å². The number of aryl methyl sites for hydroxylation is 10. The average Bonchev–Trinajstić information content (AvgIpc) is 1.58. The minimum atomic E-state index is -1.02. The highest BCUT2D eigenvalue weighted by Gasteiger charge is 2.47. The maximum Gasteiger partial charge on any atom is 0.252 e. The molecule has 12 aromatic rings. The van der Waals surface area contributed by atoms with Crippen molar-refractivity contribution in [3.8, 4) is 51.7 Å². The molecular formula is C98H107FN16O17. The second-order valence-electron chi connectivity index (χ2n) is 31.9. The summed E-state index contributed by atoms with van der Waals surface area (Å²) in [5.74, 6) is 1.51. The summed E-state index contributed by atoms with van der Waals surface area (Å²) in [6.07, 6.45) is 0.874. The lowest BCUT2D eigenvalue weighted by Gasteiger charge is -2.33. The monoisotopic (exact) mass is 1800 g/mol. The molecule has 4 aliphatic rings. The summed E-state index contributed by atoms with van der Waals surface area (Å²) in [7, 11) is 17.6. The van der Waals surface area contributed by atoms with Crippen LogP contribution < -0.4 is 85.2 Å². The molecule has 0 saturated carbocycles. The molecule has 16 rings (SSSR count). The molecule has 0 unspecified atom stereocenters. The second-order valence-corrected chi connectivity index (χ2v) is 31.9. The van der Waals surface area contributed by atoms with Gasteiger partial charge in [-0.05, 0) is 186 Å². The van der Waals surface area contributed by atoms with Gasteiger partial charge in [0.15, 0.2) is 46.1 Å². The van der Waals surface area contributed by atoms with Gasteiger partial charge < -0.3 is 85.2 Å². The highest BCUT2D eigenvalue weighted by atomic mass is 19.1. The van der Waals surface area contributed by atoms with Crippen LogP contribution in [0.4, 0.5) is 27.7 Å². The lowest BCUT2D eigenvalue weighted by Crippen LogP contribution is -2.50. The number of halogens is 1. The van der Waals surface area contributed by atoms with Crippen LogP contribution in [0.25, 0.3) is 0 Å². The Morgan fingerprint density at radius 2 is 0.667 bits per heavy atom. The second kappa shape index (κ2) is 40.9. The minimum Gasteiger partial charge on any atom is -0.497 e. The Kier molecular flexibility index (Phi) is 29.1. The number of methoxy groups -OCH3 is 7. The third-order valence-corrected chi connectivity index (χ3v) is 23.3. The van der Waals surface area contributed by atoms with Crippen LogP contribution in [-0.4, -0.2) is 174 Å². The molecule has 4 aliphatic heterocycles. The minimum absolute atomic E-state index is 0.0815. The summed E-state index contributed by atoms with van der Waals surface area (Å²) in [4.78, 5) is 105. The molecule has 4 aromatic heterocycles. The van der Waals surface area contributed by atoms with E-state index in [2.05, 4.69) is 62.9 Å². The number of nitrogens with zero attached hydrogens (tertiary/aromatic N) is 8. The first-order chi connectivity index (χ1) is 63.4. The van der Waals surface area contributed by atoms with E-state index < -0.39 is 65.5 Å². The molecule has 0 radical (unpaired) electrons. The Balaban J connectivity index is 0.000000150. The van der Waals surface area contributed by atoms with E-state index in [1.807, 2.05) is 146 Å². The van der Waals surface area contributed by atoms with Crippen molar-refractivity contribution in [2.45, 2.75) is 110 Å². The molecule has 33 nitrogen and oxygen atoms in total. The van der Waals surface area contributed by atoms with Crippen LogP contribution in [-0.2, 0) is 47.4 Å². The summed E-state index contributed by atoms with van der Waals surface area (Å²) in [5.41, 5.74) is 13.0. The molecular weight excluding hydrogens is 1690 g/mol. The maximum absolute atomic E-state index is 14.6. The Labute approximate surface area is 762 Å². The molecule has 8 amide bonds. The van der Waals surface area contributed by atoms with Crippen LogP contribution in [0.2, 0.25) is 0 Å². The molecule has 0 saturated heterocycles. The highest BCUT2D eigenvalue weighted by Crippen LogP contribution is 2.46. The average molecular weight is 1800 g/mol. The van der Waals surface area contributed by atoms with Gasteiger partial charge in [0.1, 0.15) is 58.9 Å². The zero-order valence-electron chi connectivity index (χ0n) is 76.8. The summed E-state index contributed by atoms with van der Waals surface area (Å²) in [6, 6.07) is 45.9. The van der Waals surface area contributed by atoms with Crippen molar-refractivity contribution in [2.24, 2.45) is 28.2 Å². The van der Waals surface area contributed by atoms with Gasteiger partial charge in [0.05, 0.1) is 85.8 Å². The Morgan fingerprint density at radius 3 is 1.02 bits per heavy atom. The number of anilines is 4. The summed E-state index contributed by atoms with van der Waals surface area (Å²) < 4.78 is 69.6. The van der Waals surface area contributed by atoms with Crippen LogP contribution in [0.15, 0.2) is 170 Å². The number of amides is 8. The molecule has 0 aliphatic carbocycles. The van der Waals surface area contributed by atoms with E-state index in [1.165, 1.54) is 53.7 Å². The van der Waals surface area contributed by atoms with Gasteiger partial charge in [-0.2, -0.15) is 20.4 Å². The number of carbonyl (C=O) groups is 8. The van der Waals surface area contributed by atoms with Gasteiger partial charge in [0.25, 0.3) is 23.6 Å². The fourth-order valence-electron chi connectivity index (χ4n) is 17.1.